The Morgan fingerprint density at radius 2 is 2.05 bits per heavy atom. The molecule has 1 saturated heterocycles. The monoisotopic (exact) mass is 280 g/mol. The minimum Gasteiger partial charge on any atom is -0.550 e. The molecule has 0 aromatic heterocycles. The van der Waals surface area contributed by atoms with Crippen LogP contribution in [-0.2, 0) is 9.59 Å². The molecule has 0 saturated carbocycles. The quantitative estimate of drug-likeness (QED) is 0.841. The van der Waals surface area contributed by atoms with E-state index < -0.39 is 17.9 Å². The van der Waals surface area contributed by atoms with Gasteiger partial charge in [0, 0.05) is 29.9 Å². The lowest BCUT2D eigenvalue weighted by molar-refractivity contribution is -0.314. The summed E-state index contributed by atoms with van der Waals surface area (Å²) in [4.78, 5) is 24.8. The molecule has 2 atom stereocenters. The molecular weight excluding hydrogens is 266 g/mol. The largest absolute Gasteiger partial charge is 0.550 e. The van der Waals surface area contributed by atoms with E-state index in [0.717, 1.165) is 5.56 Å². The molecule has 1 aliphatic rings. The van der Waals surface area contributed by atoms with Crippen LogP contribution in [0.5, 0.6) is 0 Å². The van der Waals surface area contributed by atoms with Gasteiger partial charge in [-0.2, -0.15) is 0 Å². The number of nitrogens with zero attached hydrogens (tertiary/aromatic N) is 1. The van der Waals surface area contributed by atoms with Crippen LogP contribution in [0.4, 0.5) is 0 Å². The zero-order valence-electron chi connectivity index (χ0n) is 10.6. The molecule has 4 nitrogen and oxygen atoms in total. The minimum absolute atomic E-state index is 0.0139. The van der Waals surface area contributed by atoms with E-state index >= 15 is 0 Å². The first-order valence-electron chi connectivity index (χ1n) is 6.30. The van der Waals surface area contributed by atoms with E-state index in [9.17, 15) is 14.7 Å². The summed E-state index contributed by atoms with van der Waals surface area (Å²) in [5.74, 6) is -1.79. The first kappa shape index (κ1) is 13.9. The van der Waals surface area contributed by atoms with Gasteiger partial charge in [0.1, 0.15) is 0 Å². The maximum absolute atomic E-state index is 11.9. The smallest absolute Gasteiger partial charge is 0.223 e. The van der Waals surface area contributed by atoms with Crippen LogP contribution >= 0.6 is 11.6 Å². The molecular formula is C14H15ClNO3-. The highest BCUT2D eigenvalue weighted by Gasteiger charge is 2.36. The van der Waals surface area contributed by atoms with Gasteiger partial charge in [-0.1, -0.05) is 23.7 Å². The van der Waals surface area contributed by atoms with Crippen molar-refractivity contribution < 1.29 is 14.7 Å². The number of carbonyl (C=O) groups is 2. The van der Waals surface area contributed by atoms with Gasteiger partial charge in [-0.3, -0.25) is 4.79 Å². The number of aliphatic carboxylic acids is 1. The number of amides is 1. The molecule has 0 bridgehead atoms. The molecule has 5 heteroatoms. The molecule has 0 unspecified atom stereocenters. The Balaban J connectivity index is 2.40. The van der Waals surface area contributed by atoms with Crippen LogP contribution < -0.4 is 5.11 Å². The third-order valence-corrected chi connectivity index (χ3v) is 3.81. The Hall–Kier alpha value is -1.55. The third kappa shape index (κ3) is 2.73. The van der Waals surface area contributed by atoms with Gasteiger partial charge in [0.05, 0.1) is 6.04 Å². The molecule has 1 aromatic carbocycles. The lowest BCUT2D eigenvalue weighted by Crippen LogP contribution is -2.48. The molecule has 1 amide bonds. The molecule has 1 fully saturated rings. The second-order valence-electron chi connectivity index (χ2n) is 4.64. The molecule has 0 spiro atoms. The molecule has 102 valence electrons. The van der Waals surface area contributed by atoms with Crippen LogP contribution in [0.15, 0.2) is 24.3 Å². The number of carboxylic acid groups (broad SMARTS) is 1. The minimum atomic E-state index is -1.11. The maximum atomic E-state index is 11.9. The van der Waals surface area contributed by atoms with E-state index in [2.05, 4.69) is 0 Å². The number of halogens is 1. The Labute approximate surface area is 117 Å². The number of carboxylic acids is 1. The van der Waals surface area contributed by atoms with E-state index in [1.807, 2.05) is 6.92 Å². The third-order valence-electron chi connectivity index (χ3n) is 3.56. The summed E-state index contributed by atoms with van der Waals surface area (Å²) < 4.78 is 0. The lowest BCUT2D eigenvalue weighted by Gasteiger charge is -2.41. The predicted octanol–water partition coefficient (Wildman–Crippen LogP) is 1.39. The Morgan fingerprint density at radius 3 is 2.58 bits per heavy atom. The number of piperidine rings is 1. The summed E-state index contributed by atoms with van der Waals surface area (Å²) in [6, 6.07) is 6.48. The fraction of sp³-hybridized carbons (Fsp3) is 0.429. The number of rotatable bonds is 3. The van der Waals surface area contributed by atoms with E-state index in [4.69, 9.17) is 11.6 Å². The van der Waals surface area contributed by atoms with Crippen LogP contribution in [0.2, 0.25) is 5.02 Å². The number of hydrogen-bond acceptors (Lipinski definition) is 3. The van der Waals surface area contributed by atoms with Crippen LogP contribution in [0.3, 0.4) is 0 Å². The topological polar surface area (TPSA) is 60.4 Å². The second-order valence-corrected chi connectivity index (χ2v) is 5.08. The van der Waals surface area contributed by atoms with Crippen molar-refractivity contribution in [2.75, 3.05) is 6.54 Å². The zero-order chi connectivity index (χ0) is 14.0. The normalized spacial score (nSPS) is 23.5. The number of likely N-dealkylation sites (tertiary alicyclic amines) is 1. The highest BCUT2D eigenvalue weighted by Crippen LogP contribution is 2.36. The van der Waals surface area contributed by atoms with Crippen molar-refractivity contribution in [3.8, 4) is 0 Å². The molecule has 1 aliphatic heterocycles. The highest BCUT2D eigenvalue weighted by molar-refractivity contribution is 6.30. The van der Waals surface area contributed by atoms with Crippen LogP contribution in [0, 0.1) is 5.92 Å². The maximum Gasteiger partial charge on any atom is 0.223 e. The summed E-state index contributed by atoms with van der Waals surface area (Å²) in [5.41, 5.74) is 0.786. The molecule has 1 heterocycles. The molecule has 19 heavy (non-hydrogen) atoms. The first-order chi connectivity index (χ1) is 9.04. The molecule has 1 aromatic rings. The fourth-order valence-electron chi connectivity index (χ4n) is 2.64. The average molecular weight is 281 g/mol. The summed E-state index contributed by atoms with van der Waals surface area (Å²) >= 11 is 5.84. The zero-order valence-corrected chi connectivity index (χ0v) is 11.4. The summed E-state index contributed by atoms with van der Waals surface area (Å²) in [6.45, 7) is 2.33. The van der Waals surface area contributed by atoms with Gasteiger partial charge >= 0.3 is 0 Å². The van der Waals surface area contributed by atoms with Crippen LogP contribution in [0.25, 0.3) is 0 Å². The van der Waals surface area contributed by atoms with Crippen LogP contribution in [-0.4, -0.2) is 23.3 Å². The molecule has 0 aliphatic carbocycles. The Kier molecular flexibility index (Phi) is 4.10. The summed E-state index contributed by atoms with van der Waals surface area (Å²) in [7, 11) is 0. The van der Waals surface area contributed by atoms with Crippen molar-refractivity contribution in [1.82, 2.24) is 4.90 Å². The Morgan fingerprint density at radius 1 is 1.42 bits per heavy atom. The van der Waals surface area contributed by atoms with E-state index in [1.165, 1.54) is 0 Å². The summed E-state index contributed by atoms with van der Waals surface area (Å²) in [5, 5.41) is 11.9. The van der Waals surface area contributed by atoms with Crippen molar-refractivity contribution in [1.29, 1.82) is 0 Å². The fourth-order valence-corrected chi connectivity index (χ4v) is 2.77. The van der Waals surface area contributed by atoms with E-state index in [0.29, 0.717) is 18.0 Å². The van der Waals surface area contributed by atoms with Gasteiger partial charge in [0.15, 0.2) is 0 Å². The van der Waals surface area contributed by atoms with Crippen molar-refractivity contribution in [2.45, 2.75) is 25.8 Å². The van der Waals surface area contributed by atoms with Crippen molar-refractivity contribution in [2.24, 2.45) is 5.92 Å². The second kappa shape index (κ2) is 5.61. The van der Waals surface area contributed by atoms with Gasteiger partial charge in [0.2, 0.25) is 5.91 Å². The van der Waals surface area contributed by atoms with Gasteiger partial charge in [0.25, 0.3) is 0 Å². The van der Waals surface area contributed by atoms with Crippen molar-refractivity contribution in [3.05, 3.63) is 34.9 Å². The number of benzene rings is 1. The van der Waals surface area contributed by atoms with Crippen LogP contribution in [0.1, 0.15) is 31.4 Å². The van der Waals surface area contributed by atoms with Crippen molar-refractivity contribution >= 4 is 23.5 Å². The highest BCUT2D eigenvalue weighted by atomic mass is 35.5. The SMILES string of the molecule is CCN1C(=O)CC[C@H](C(=O)[O-])[C@H]1c1ccc(Cl)cc1. The van der Waals surface area contributed by atoms with Gasteiger partial charge in [-0.15, -0.1) is 0 Å². The molecule has 0 radical (unpaired) electrons. The lowest BCUT2D eigenvalue weighted by atomic mass is 9.84. The first-order valence-corrected chi connectivity index (χ1v) is 6.68. The molecule has 0 N–H and O–H groups in total. The van der Waals surface area contributed by atoms with Gasteiger partial charge in [-0.05, 0) is 31.0 Å². The predicted molar refractivity (Wildman–Crippen MR) is 69.3 cm³/mol. The van der Waals surface area contributed by atoms with E-state index in [1.54, 1.807) is 29.2 Å². The molecule has 2 rings (SSSR count). The summed E-state index contributed by atoms with van der Waals surface area (Å²) in [6.07, 6.45) is 0.585. The number of hydrogen-bond donors (Lipinski definition) is 0. The standard InChI is InChI=1S/C14H16ClNO3/c1-2-16-12(17)8-7-11(14(18)19)13(16)9-3-5-10(15)6-4-9/h3-6,11,13H,2,7-8H2,1H3,(H,18,19)/p-1/t11-,13+/m0/s1. The Bertz CT molecular complexity index is 484. The van der Waals surface area contributed by atoms with E-state index in [-0.39, 0.29) is 12.3 Å². The average Bonchev–Trinajstić information content (AvgIpc) is 2.39. The number of carbonyl (C=O) groups excluding carboxylic acids is 2. The van der Waals surface area contributed by atoms with Crippen molar-refractivity contribution in [3.63, 3.8) is 0 Å². The van der Waals surface area contributed by atoms with Gasteiger partial charge < -0.3 is 14.8 Å². The van der Waals surface area contributed by atoms with Gasteiger partial charge in [-0.25, -0.2) is 0 Å².